The minimum Gasteiger partial charge on any atom is -0.271 e. The Labute approximate surface area is 133 Å². The summed E-state index contributed by atoms with van der Waals surface area (Å²) in [6, 6.07) is 22.6. The second kappa shape index (κ2) is 6.41. The maximum atomic E-state index is 6.00. The first-order chi connectivity index (χ1) is 10.3. The van der Waals surface area contributed by atoms with Gasteiger partial charge in [0.05, 0.1) is 10.4 Å². The number of nitrogens with two attached hydrogens (primary N) is 1. The molecule has 4 heteroatoms. The molecule has 0 spiro atoms. The molecule has 2 aromatic carbocycles. The lowest BCUT2D eigenvalue weighted by Crippen LogP contribution is -2.28. The standard InChI is InChI=1S/C17H15ClN2S/c18-16-11-10-15(21-16)17(20-19)14-8-6-13(7-9-14)12-4-2-1-3-5-12/h1-11,17,20H,19H2. The van der Waals surface area contributed by atoms with E-state index < -0.39 is 0 Å². The number of thiophene rings is 1. The molecule has 106 valence electrons. The van der Waals surface area contributed by atoms with Crippen molar-refractivity contribution < 1.29 is 0 Å². The lowest BCUT2D eigenvalue weighted by molar-refractivity contribution is 0.646. The van der Waals surface area contributed by atoms with Crippen LogP contribution in [0.2, 0.25) is 4.34 Å². The molecule has 3 N–H and O–H groups in total. The highest BCUT2D eigenvalue weighted by Gasteiger charge is 2.14. The van der Waals surface area contributed by atoms with E-state index in [1.165, 1.54) is 22.5 Å². The van der Waals surface area contributed by atoms with Crippen LogP contribution in [-0.4, -0.2) is 0 Å². The summed E-state index contributed by atoms with van der Waals surface area (Å²) in [6.07, 6.45) is 0. The molecule has 0 amide bonds. The van der Waals surface area contributed by atoms with E-state index in [1.54, 1.807) is 0 Å². The molecule has 0 saturated carbocycles. The predicted octanol–water partition coefficient (Wildman–Crippen LogP) is 4.62. The monoisotopic (exact) mass is 314 g/mol. The fourth-order valence-electron chi connectivity index (χ4n) is 2.32. The van der Waals surface area contributed by atoms with Crippen molar-refractivity contribution in [1.29, 1.82) is 0 Å². The molecule has 3 rings (SSSR count). The molecule has 21 heavy (non-hydrogen) atoms. The molecular formula is C17H15ClN2S. The zero-order chi connectivity index (χ0) is 14.7. The molecule has 1 atom stereocenters. The van der Waals surface area contributed by atoms with Gasteiger partial charge >= 0.3 is 0 Å². The number of hydrogen-bond donors (Lipinski definition) is 2. The quantitative estimate of drug-likeness (QED) is 0.544. The van der Waals surface area contributed by atoms with Crippen molar-refractivity contribution in [2.24, 2.45) is 5.84 Å². The zero-order valence-electron chi connectivity index (χ0n) is 11.3. The minimum absolute atomic E-state index is 0.0349. The maximum Gasteiger partial charge on any atom is 0.0931 e. The molecule has 1 heterocycles. The first-order valence-corrected chi connectivity index (χ1v) is 7.84. The van der Waals surface area contributed by atoms with Crippen LogP contribution in [0.15, 0.2) is 66.7 Å². The summed E-state index contributed by atoms with van der Waals surface area (Å²) in [7, 11) is 0. The summed E-state index contributed by atoms with van der Waals surface area (Å²) in [4.78, 5) is 1.11. The van der Waals surface area contributed by atoms with Gasteiger partial charge in [0.15, 0.2) is 0 Å². The zero-order valence-corrected chi connectivity index (χ0v) is 12.9. The first-order valence-electron chi connectivity index (χ1n) is 6.64. The molecule has 2 nitrogen and oxygen atoms in total. The van der Waals surface area contributed by atoms with Crippen LogP contribution in [0.25, 0.3) is 11.1 Å². The Hall–Kier alpha value is -1.65. The normalized spacial score (nSPS) is 12.3. The third-order valence-corrected chi connectivity index (χ3v) is 4.69. The van der Waals surface area contributed by atoms with Crippen LogP contribution < -0.4 is 11.3 Å². The largest absolute Gasteiger partial charge is 0.271 e. The molecular weight excluding hydrogens is 300 g/mol. The lowest BCUT2D eigenvalue weighted by Gasteiger charge is -2.15. The van der Waals surface area contributed by atoms with E-state index in [2.05, 4.69) is 41.8 Å². The van der Waals surface area contributed by atoms with E-state index in [1.807, 2.05) is 30.3 Å². The Balaban J connectivity index is 1.89. The molecule has 0 aliphatic carbocycles. The Morgan fingerprint density at radius 1 is 0.857 bits per heavy atom. The van der Waals surface area contributed by atoms with Gasteiger partial charge in [-0.15, -0.1) is 11.3 Å². The van der Waals surface area contributed by atoms with Gasteiger partial charge < -0.3 is 0 Å². The predicted molar refractivity (Wildman–Crippen MR) is 90.4 cm³/mol. The SMILES string of the molecule is NNC(c1ccc(-c2ccccc2)cc1)c1ccc(Cl)s1. The lowest BCUT2D eigenvalue weighted by atomic mass is 10.0. The smallest absolute Gasteiger partial charge is 0.0931 e. The number of hydrazine groups is 1. The van der Waals surface area contributed by atoms with Crippen LogP contribution in [0.1, 0.15) is 16.5 Å². The molecule has 3 aromatic rings. The highest BCUT2D eigenvalue weighted by atomic mass is 35.5. The number of hydrogen-bond acceptors (Lipinski definition) is 3. The van der Waals surface area contributed by atoms with Crippen molar-refractivity contribution in [2.75, 3.05) is 0 Å². The number of rotatable bonds is 4. The highest BCUT2D eigenvalue weighted by molar-refractivity contribution is 7.16. The second-order valence-corrected chi connectivity index (χ2v) is 6.48. The summed E-state index contributed by atoms with van der Waals surface area (Å²) < 4.78 is 0.770. The Bertz CT molecular complexity index is 707. The van der Waals surface area contributed by atoms with Gasteiger partial charge in [0.2, 0.25) is 0 Å². The molecule has 0 aliphatic heterocycles. The third kappa shape index (κ3) is 3.17. The Morgan fingerprint density at radius 3 is 2.10 bits per heavy atom. The average Bonchev–Trinajstić information content (AvgIpc) is 2.96. The van der Waals surface area contributed by atoms with Gasteiger partial charge in [-0.1, -0.05) is 66.2 Å². The van der Waals surface area contributed by atoms with Crippen molar-refractivity contribution in [3.8, 4) is 11.1 Å². The molecule has 0 bridgehead atoms. The highest BCUT2D eigenvalue weighted by Crippen LogP contribution is 2.31. The van der Waals surface area contributed by atoms with Crippen molar-refractivity contribution in [3.63, 3.8) is 0 Å². The van der Waals surface area contributed by atoms with E-state index in [9.17, 15) is 0 Å². The van der Waals surface area contributed by atoms with E-state index in [0.29, 0.717) is 0 Å². The van der Waals surface area contributed by atoms with E-state index in [0.717, 1.165) is 14.8 Å². The molecule has 0 fully saturated rings. The van der Waals surface area contributed by atoms with Gasteiger partial charge in [0.1, 0.15) is 0 Å². The van der Waals surface area contributed by atoms with Crippen molar-refractivity contribution >= 4 is 22.9 Å². The molecule has 0 radical (unpaired) electrons. The van der Waals surface area contributed by atoms with Crippen molar-refractivity contribution in [2.45, 2.75) is 6.04 Å². The van der Waals surface area contributed by atoms with E-state index >= 15 is 0 Å². The third-order valence-electron chi connectivity index (χ3n) is 3.40. The van der Waals surface area contributed by atoms with Crippen molar-refractivity contribution in [1.82, 2.24) is 5.43 Å². The topological polar surface area (TPSA) is 38.0 Å². The van der Waals surface area contributed by atoms with Crippen LogP contribution in [0.3, 0.4) is 0 Å². The number of benzene rings is 2. The summed E-state index contributed by atoms with van der Waals surface area (Å²) in [5.74, 6) is 5.71. The van der Waals surface area contributed by atoms with Crippen LogP contribution in [0, 0.1) is 0 Å². The first kappa shape index (κ1) is 14.3. The fourth-order valence-corrected chi connectivity index (χ4v) is 3.47. The second-order valence-electron chi connectivity index (χ2n) is 4.73. The summed E-state index contributed by atoms with van der Waals surface area (Å²) >= 11 is 7.54. The van der Waals surface area contributed by atoms with Gasteiger partial charge in [0.25, 0.3) is 0 Å². The summed E-state index contributed by atoms with van der Waals surface area (Å²) in [5.41, 5.74) is 6.38. The summed E-state index contributed by atoms with van der Waals surface area (Å²) in [6.45, 7) is 0. The van der Waals surface area contributed by atoms with Crippen LogP contribution >= 0.6 is 22.9 Å². The van der Waals surface area contributed by atoms with Gasteiger partial charge in [0, 0.05) is 4.88 Å². The summed E-state index contributed by atoms with van der Waals surface area (Å²) in [5, 5.41) is 0. The molecule has 0 saturated heterocycles. The number of nitrogens with one attached hydrogen (secondary N) is 1. The number of halogens is 1. The Kier molecular flexibility index (Phi) is 4.36. The molecule has 1 unspecified atom stereocenters. The Morgan fingerprint density at radius 2 is 1.52 bits per heavy atom. The van der Waals surface area contributed by atoms with Gasteiger partial charge in [-0.25, -0.2) is 5.43 Å². The van der Waals surface area contributed by atoms with Crippen LogP contribution in [0.4, 0.5) is 0 Å². The fraction of sp³-hybridized carbons (Fsp3) is 0.0588. The van der Waals surface area contributed by atoms with Gasteiger partial charge in [-0.05, 0) is 28.8 Å². The minimum atomic E-state index is -0.0349. The van der Waals surface area contributed by atoms with Crippen molar-refractivity contribution in [3.05, 3.63) is 81.5 Å². The van der Waals surface area contributed by atoms with Gasteiger partial charge in [-0.3, -0.25) is 5.84 Å². The van der Waals surface area contributed by atoms with Crippen LogP contribution in [0.5, 0.6) is 0 Å². The van der Waals surface area contributed by atoms with Crippen LogP contribution in [-0.2, 0) is 0 Å². The van der Waals surface area contributed by atoms with E-state index in [-0.39, 0.29) is 6.04 Å². The van der Waals surface area contributed by atoms with E-state index in [4.69, 9.17) is 17.4 Å². The molecule has 0 aliphatic rings. The molecule has 1 aromatic heterocycles. The average molecular weight is 315 g/mol. The van der Waals surface area contributed by atoms with Gasteiger partial charge in [-0.2, -0.15) is 0 Å². The maximum absolute atomic E-state index is 6.00.